The highest BCUT2D eigenvalue weighted by atomic mass is 19.1. The van der Waals surface area contributed by atoms with Gasteiger partial charge in [-0.3, -0.25) is 10.1 Å². The molecule has 0 bridgehead atoms. The molecule has 5 nitrogen and oxygen atoms in total. The number of hydrogen-bond acceptors (Lipinski definition) is 4. The fourth-order valence-electron chi connectivity index (χ4n) is 1.73. The molecule has 0 atom stereocenters. The number of nitrogens with two attached hydrogens (primary N) is 1. The molecule has 0 aliphatic heterocycles. The first-order valence-electron chi connectivity index (χ1n) is 5.70. The van der Waals surface area contributed by atoms with Crippen LogP contribution in [0.4, 0.5) is 15.9 Å². The van der Waals surface area contributed by atoms with E-state index in [1.807, 2.05) is 0 Å². The normalized spacial score (nSPS) is 10.4. The third-order valence-electron chi connectivity index (χ3n) is 2.74. The summed E-state index contributed by atoms with van der Waals surface area (Å²) in [4.78, 5) is 14.0. The first kappa shape index (κ1) is 12.9. The standard InChI is InChI=1S/C13H12FN3O2/c14-10-4-1-9(2-5-10)3-6-11-7-8-12(17(18)19)13(15)16-11/h1-2,4-5,7-8H,3,6H2,(H2,15,16). The Labute approximate surface area is 109 Å². The van der Waals surface area contributed by atoms with E-state index >= 15 is 0 Å². The van der Waals surface area contributed by atoms with Crippen molar-refractivity contribution in [1.82, 2.24) is 4.98 Å². The van der Waals surface area contributed by atoms with Crippen LogP contribution >= 0.6 is 0 Å². The van der Waals surface area contributed by atoms with E-state index in [1.54, 1.807) is 18.2 Å². The molecule has 0 radical (unpaired) electrons. The lowest BCUT2D eigenvalue weighted by atomic mass is 10.1. The zero-order chi connectivity index (χ0) is 13.8. The van der Waals surface area contributed by atoms with E-state index in [2.05, 4.69) is 4.98 Å². The summed E-state index contributed by atoms with van der Waals surface area (Å²) in [5.74, 6) is -0.358. The highest BCUT2D eigenvalue weighted by Crippen LogP contribution is 2.19. The smallest absolute Gasteiger partial charge is 0.311 e. The molecule has 0 saturated carbocycles. The highest BCUT2D eigenvalue weighted by Gasteiger charge is 2.12. The van der Waals surface area contributed by atoms with E-state index in [4.69, 9.17) is 5.73 Å². The first-order chi connectivity index (χ1) is 9.06. The molecule has 1 aromatic heterocycles. The van der Waals surface area contributed by atoms with E-state index < -0.39 is 4.92 Å². The molecule has 1 heterocycles. The van der Waals surface area contributed by atoms with Crippen molar-refractivity contribution in [3.63, 3.8) is 0 Å². The summed E-state index contributed by atoms with van der Waals surface area (Å²) >= 11 is 0. The second-order valence-corrected chi connectivity index (χ2v) is 4.09. The Kier molecular flexibility index (Phi) is 3.70. The number of nitrogens with zero attached hydrogens (tertiary/aromatic N) is 2. The van der Waals surface area contributed by atoms with E-state index in [9.17, 15) is 14.5 Å². The second-order valence-electron chi connectivity index (χ2n) is 4.09. The highest BCUT2D eigenvalue weighted by molar-refractivity contribution is 5.52. The zero-order valence-corrected chi connectivity index (χ0v) is 10.0. The second kappa shape index (κ2) is 5.43. The van der Waals surface area contributed by atoms with Crippen molar-refractivity contribution in [3.8, 4) is 0 Å². The van der Waals surface area contributed by atoms with E-state index in [1.165, 1.54) is 18.2 Å². The van der Waals surface area contributed by atoms with Crippen LogP contribution in [0.25, 0.3) is 0 Å². The van der Waals surface area contributed by atoms with Crippen LogP contribution in [0, 0.1) is 15.9 Å². The van der Waals surface area contributed by atoms with Gasteiger partial charge in [0.25, 0.3) is 0 Å². The lowest BCUT2D eigenvalue weighted by Crippen LogP contribution is -2.02. The predicted octanol–water partition coefficient (Wildman–Crippen LogP) is 2.50. The molecule has 0 fully saturated rings. The van der Waals surface area contributed by atoms with Crippen LogP contribution < -0.4 is 5.73 Å². The summed E-state index contributed by atoms with van der Waals surface area (Å²) < 4.78 is 12.7. The summed E-state index contributed by atoms with van der Waals surface area (Å²) in [6.07, 6.45) is 1.26. The van der Waals surface area contributed by atoms with Gasteiger partial charge in [0.15, 0.2) is 0 Å². The van der Waals surface area contributed by atoms with Gasteiger partial charge >= 0.3 is 5.69 Å². The number of pyridine rings is 1. The number of benzene rings is 1. The number of halogens is 1. The zero-order valence-electron chi connectivity index (χ0n) is 10.0. The summed E-state index contributed by atoms with van der Waals surface area (Å²) in [7, 11) is 0. The SMILES string of the molecule is Nc1nc(CCc2ccc(F)cc2)ccc1[N+](=O)[O-]. The Morgan fingerprint density at radius 1 is 1.16 bits per heavy atom. The van der Waals surface area contributed by atoms with Gasteiger partial charge in [0, 0.05) is 11.8 Å². The monoisotopic (exact) mass is 261 g/mol. The summed E-state index contributed by atoms with van der Waals surface area (Å²) in [6, 6.07) is 9.12. The Bertz CT molecular complexity index is 599. The van der Waals surface area contributed by atoms with Crippen molar-refractivity contribution in [2.75, 3.05) is 5.73 Å². The topological polar surface area (TPSA) is 82.0 Å². The molecule has 2 N–H and O–H groups in total. The fourth-order valence-corrected chi connectivity index (χ4v) is 1.73. The van der Waals surface area contributed by atoms with Crippen molar-refractivity contribution in [1.29, 1.82) is 0 Å². The summed E-state index contributed by atoms with van der Waals surface area (Å²) in [5.41, 5.74) is 6.97. The van der Waals surface area contributed by atoms with Gasteiger partial charge in [0.2, 0.25) is 5.82 Å². The summed E-state index contributed by atoms with van der Waals surface area (Å²) in [5, 5.41) is 10.6. The molecular formula is C13H12FN3O2. The number of rotatable bonds is 4. The molecule has 0 spiro atoms. The van der Waals surface area contributed by atoms with Gasteiger partial charge < -0.3 is 5.73 Å². The average Bonchev–Trinajstić information content (AvgIpc) is 2.37. The van der Waals surface area contributed by atoms with Gasteiger partial charge in [-0.1, -0.05) is 12.1 Å². The van der Waals surface area contributed by atoms with E-state index in [-0.39, 0.29) is 17.3 Å². The molecular weight excluding hydrogens is 249 g/mol. The van der Waals surface area contributed by atoms with Crippen molar-refractivity contribution in [2.45, 2.75) is 12.8 Å². The summed E-state index contributed by atoms with van der Waals surface area (Å²) in [6.45, 7) is 0. The quantitative estimate of drug-likeness (QED) is 0.677. The molecule has 6 heteroatoms. The minimum atomic E-state index is -0.563. The maximum Gasteiger partial charge on any atom is 0.311 e. The Balaban J connectivity index is 2.06. The third-order valence-corrected chi connectivity index (χ3v) is 2.74. The number of nitro groups is 1. The van der Waals surface area contributed by atoms with Crippen LogP contribution in [0.15, 0.2) is 36.4 Å². The van der Waals surface area contributed by atoms with Gasteiger partial charge in [0.05, 0.1) is 4.92 Å². The van der Waals surface area contributed by atoms with E-state index in [0.29, 0.717) is 18.5 Å². The van der Waals surface area contributed by atoms with E-state index in [0.717, 1.165) is 5.56 Å². The number of aryl methyl sites for hydroxylation is 2. The van der Waals surface area contributed by atoms with Crippen LogP contribution in [-0.4, -0.2) is 9.91 Å². The minimum Gasteiger partial charge on any atom is -0.378 e. The van der Waals surface area contributed by atoms with Crippen molar-refractivity contribution >= 4 is 11.5 Å². The third kappa shape index (κ3) is 3.25. The Morgan fingerprint density at radius 2 is 1.84 bits per heavy atom. The Hall–Kier alpha value is -2.50. The van der Waals surface area contributed by atoms with Gasteiger partial charge in [-0.2, -0.15) is 0 Å². The van der Waals surface area contributed by atoms with Crippen molar-refractivity contribution in [3.05, 3.63) is 63.6 Å². The van der Waals surface area contributed by atoms with Gasteiger partial charge in [-0.25, -0.2) is 9.37 Å². The molecule has 98 valence electrons. The largest absolute Gasteiger partial charge is 0.378 e. The van der Waals surface area contributed by atoms with Crippen molar-refractivity contribution in [2.24, 2.45) is 0 Å². The van der Waals surface area contributed by atoms with Gasteiger partial charge in [-0.15, -0.1) is 0 Å². The van der Waals surface area contributed by atoms with Crippen LogP contribution in [-0.2, 0) is 12.8 Å². The first-order valence-corrected chi connectivity index (χ1v) is 5.70. The van der Waals surface area contributed by atoms with Crippen molar-refractivity contribution < 1.29 is 9.31 Å². The number of hydrogen-bond donors (Lipinski definition) is 1. The number of nitrogen functional groups attached to an aromatic ring is 1. The molecule has 2 rings (SSSR count). The maximum absolute atomic E-state index is 12.7. The molecule has 0 amide bonds. The predicted molar refractivity (Wildman–Crippen MR) is 69.1 cm³/mol. The molecule has 19 heavy (non-hydrogen) atoms. The molecule has 1 aromatic carbocycles. The maximum atomic E-state index is 12.7. The fraction of sp³-hybridized carbons (Fsp3) is 0.154. The average molecular weight is 261 g/mol. The molecule has 0 aliphatic carbocycles. The van der Waals surface area contributed by atoms with Crippen LogP contribution in [0.2, 0.25) is 0 Å². The number of aromatic nitrogens is 1. The molecule has 0 aliphatic rings. The Morgan fingerprint density at radius 3 is 2.42 bits per heavy atom. The molecule has 0 unspecified atom stereocenters. The van der Waals surface area contributed by atoms with Gasteiger partial charge in [0.1, 0.15) is 5.82 Å². The van der Waals surface area contributed by atoms with Crippen LogP contribution in [0.1, 0.15) is 11.3 Å². The minimum absolute atomic E-state index is 0.0818. The number of anilines is 1. The van der Waals surface area contributed by atoms with Gasteiger partial charge in [-0.05, 0) is 36.6 Å². The molecule has 2 aromatic rings. The molecule has 0 saturated heterocycles. The lowest BCUT2D eigenvalue weighted by molar-refractivity contribution is -0.384. The lowest BCUT2D eigenvalue weighted by Gasteiger charge is -2.03. The van der Waals surface area contributed by atoms with Crippen LogP contribution in [0.3, 0.4) is 0 Å². The van der Waals surface area contributed by atoms with Crippen LogP contribution in [0.5, 0.6) is 0 Å².